The molecule has 8 heteroatoms. The first-order valence-corrected chi connectivity index (χ1v) is 10.6. The van der Waals surface area contributed by atoms with E-state index in [-0.39, 0.29) is 17.1 Å². The Bertz CT molecular complexity index is 855. The van der Waals surface area contributed by atoms with Crippen molar-refractivity contribution in [1.29, 1.82) is 5.26 Å². The molecule has 1 N–H and O–H groups in total. The first kappa shape index (κ1) is 20.8. The highest BCUT2D eigenvalue weighted by Crippen LogP contribution is 2.29. The number of carbonyl (C=O) groups is 1. The number of amides is 1. The molecule has 0 radical (unpaired) electrons. The van der Waals surface area contributed by atoms with Crippen molar-refractivity contribution in [3.05, 3.63) is 29.3 Å². The quantitative estimate of drug-likeness (QED) is 0.412. The molecule has 1 amide bonds. The average molecular weight is 392 g/mol. The van der Waals surface area contributed by atoms with Crippen LogP contribution in [0.2, 0.25) is 0 Å². The second kappa shape index (κ2) is 9.42. The number of rotatable bonds is 8. The zero-order valence-corrected chi connectivity index (χ0v) is 16.3. The summed E-state index contributed by atoms with van der Waals surface area (Å²) in [5.74, 6) is 0.499. The molecule has 1 aromatic carbocycles. The summed E-state index contributed by atoms with van der Waals surface area (Å²) >= 11 is 0. The molecule has 2 rings (SSSR count). The van der Waals surface area contributed by atoms with E-state index in [0.717, 1.165) is 12.8 Å². The smallest absolute Gasteiger partial charge is 0.262 e. The number of nitrogens with one attached hydrogen (secondary N) is 1. The lowest BCUT2D eigenvalue weighted by Crippen LogP contribution is -2.36. The predicted octanol–water partition coefficient (Wildman–Crippen LogP) is 2.08. The second-order valence-electron chi connectivity index (χ2n) is 6.36. The minimum Gasteiger partial charge on any atom is -0.493 e. The summed E-state index contributed by atoms with van der Waals surface area (Å²) in [7, 11) is -1.58. The number of sulfone groups is 1. The van der Waals surface area contributed by atoms with Crippen molar-refractivity contribution in [1.82, 2.24) is 5.32 Å². The molecule has 1 aliphatic heterocycles. The van der Waals surface area contributed by atoms with Gasteiger partial charge in [-0.25, -0.2) is 8.42 Å². The second-order valence-corrected chi connectivity index (χ2v) is 8.58. The van der Waals surface area contributed by atoms with E-state index in [9.17, 15) is 18.5 Å². The third kappa shape index (κ3) is 6.00. The third-order valence-corrected chi connectivity index (χ3v) is 5.95. The van der Waals surface area contributed by atoms with E-state index in [2.05, 4.69) is 12.2 Å². The van der Waals surface area contributed by atoms with Gasteiger partial charge in [0.05, 0.1) is 25.2 Å². The molecule has 1 aliphatic rings. The van der Waals surface area contributed by atoms with Crippen LogP contribution in [0.4, 0.5) is 0 Å². The van der Waals surface area contributed by atoms with Gasteiger partial charge in [-0.3, -0.25) is 4.79 Å². The maximum Gasteiger partial charge on any atom is 0.262 e. The lowest BCUT2D eigenvalue weighted by molar-refractivity contribution is -0.117. The minimum atomic E-state index is -3.10. The highest BCUT2D eigenvalue weighted by atomic mass is 32.2. The van der Waals surface area contributed by atoms with Crippen LogP contribution < -0.4 is 14.8 Å². The standard InChI is InChI=1S/C19H24N2O5S/c1-3-4-8-26-17-6-5-14(11-18(17)25-2)10-15(12-20)19(22)21-16-7-9-27(23,24)13-16/h5-6,10-11,16H,3-4,7-9,13H2,1-2H3,(H,21,22)/b15-10+/t16-/m1/s1. The van der Waals surface area contributed by atoms with Gasteiger partial charge in [-0.15, -0.1) is 0 Å². The van der Waals surface area contributed by atoms with Crippen LogP contribution in [0.5, 0.6) is 11.5 Å². The van der Waals surface area contributed by atoms with Gasteiger partial charge in [-0.2, -0.15) is 5.26 Å². The average Bonchev–Trinajstić information content (AvgIpc) is 2.98. The van der Waals surface area contributed by atoms with E-state index in [4.69, 9.17) is 9.47 Å². The number of nitriles is 1. The fourth-order valence-corrected chi connectivity index (χ4v) is 4.38. The van der Waals surface area contributed by atoms with E-state index in [1.165, 1.54) is 13.2 Å². The molecular weight excluding hydrogens is 368 g/mol. The van der Waals surface area contributed by atoms with Crippen LogP contribution in [0.1, 0.15) is 31.7 Å². The molecule has 0 bridgehead atoms. The zero-order valence-electron chi connectivity index (χ0n) is 15.5. The van der Waals surface area contributed by atoms with Gasteiger partial charge in [0.15, 0.2) is 21.3 Å². The molecule has 0 spiro atoms. The highest BCUT2D eigenvalue weighted by molar-refractivity contribution is 7.91. The maximum absolute atomic E-state index is 12.3. The summed E-state index contributed by atoms with van der Waals surface area (Å²) in [4.78, 5) is 12.3. The fraction of sp³-hybridized carbons (Fsp3) is 0.474. The van der Waals surface area contributed by atoms with Crippen LogP contribution >= 0.6 is 0 Å². The summed E-state index contributed by atoms with van der Waals surface area (Å²) in [5, 5.41) is 11.9. The number of ether oxygens (including phenoxy) is 2. The van der Waals surface area contributed by atoms with Gasteiger partial charge in [0, 0.05) is 6.04 Å². The molecule has 1 saturated heterocycles. The van der Waals surface area contributed by atoms with E-state index < -0.39 is 21.8 Å². The maximum atomic E-state index is 12.3. The Morgan fingerprint density at radius 3 is 2.78 bits per heavy atom. The highest BCUT2D eigenvalue weighted by Gasteiger charge is 2.29. The molecule has 1 aromatic rings. The Morgan fingerprint density at radius 1 is 1.41 bits per heavy atom. The molecule has 0 aliphatic carbocycles. The zero-order chi connectivity index (χ0) is 19.9. The van der Waals surface area contributed by atoms with Crippen LogP contribution in [0.3, 0.4) is 0 Å². The van der Waals surface area contributed by atoms with E-state index in [0.29, 0.717) is 30.1 Å². The van der Waals surface area contributed by atoms with Crippen LogP contribution in [-0.4, -0.2) is 45.6 Å². The molecule has 1 heterocycles. The summed E-state index contributed by atoms with van der Waals surface area (Å²) < 4.78 is 34.0. The van der Waals surface area contributed by atoms with Crippen molar-refractivity contribution in [3.63, 3.8) is 0 Å². The Labute approximate surface area is 159 Å². The summed E-state index contributed by atoms with van der Waals surface area (Å²) in [6.45, 7) is 2.65. The predicted molar refractivity (Wildman–Crippen MR) is 102 cm³/mol. The topological polar surface area (TPSA) is 105 Å². The Kier molecular flexibility index (Phi) is 7.25. The number of benzene rings is 1. The minimum absolute atomic E-state index is 0.0558. The first-order valence-electron chi connectivity index (χ1n) is 8.82. The molecule has 0 unspecified atom stereocenters. The normalized spacial score (nSPS) is 18.6. The van der Waals surface area contributed by atoms with Gasteiger partial charge < -0.3 is 14.8 Å². The van der Waals surface area contributed by atoms with Crippen molar-refractivity contribution >= 4 is 21.8 Å². The van der Waals surface area contributed by atoms with Gasteiger partial charge >= 0.3 is 0 Å². The molecule has 27 heavy (non-hydrogen) atoms. The SMILES string of the molecule is CCCCOc1ccc(/C=C(\C#N)C(=O)N[C@@H]2CCS(=O)(=O)C2)cc1OC. The van der Waals surface area contributed by atoms with E-state index in [1.54, 1.807) is 18.2 Å². The number of carbonyl (C=O) groups excluding carboxylic acids is 1. The molecular formula is C19H24N2O5S. The monoisotopic (exact) mass is 392 g/mol. The van der Waals surface area contributed by atoms with Gasteiger partial charge in [0.25, 0.3) is 5.91 Å². The fourth-order valence-electron chi connectivity index (χ4n) is 2.71. The lowest BCUT2D eigenvalue weighted by Gasteiger charge is -2.12. The lowest BCUT2D eigenvalue weighted by atomic mass is 10.1. The molecule has 7 nitrogen and oxygen atoms in total. The number of hydrogen-bond donors (Lipinski definition) is 1. The summed E-state index contributed by atoms with van der Waals surface area (Å²) in [6, 6.07) is 6.56. The molecule has 0 saturated carbocycles. The summed E-state index contributed by atoms with van der Waals surface area (Å²) in [5.41, 5.74) is 0.515. The Morgan fingerprint density at radius 2 is 2.19 bits per heavy atom. The Balaban J connectivity index is 2.12. The number of unbranched alkanes of at least 4 members (excludes halogenated alkanes) is 1. The van der Waals surface area contributed by atoms with E-state index in [1.807, 2.05) is 6.07 Å². The molecule has 0 aromatic heterocycles. The van der Waals surface area contributed by atoms with E-state index >= 15 is 0 Å². The number of nitrogens with zero attached hydrogens (tertiary/aromatic N) is 1. The Hall–Kier alpha value is -2.53. The van der Waals surface area contributed by atoms with Crippen molar-refractivity contribution < 1.29 is 22.7 Å². The van der Waals surface area contributed by atoms with Crippen LogP contribution in [0, 0.1) is 11.3 Å². The summed E-state index contributed by atoms with van der Waals surface area (Å²) in [6.07, 6.45) is 3.76. The van der Waals surface area contributed by atoms with Crippen molar-refractivity contribution in [2.45, 2.75) is 32.2 Å². The number of hydrogen-bond acceptors (Lipinski definition) is 6. The van der Waals surface area contributed by atoms with Crippen molar-refractivity contribution in [2.24, 2.45) is 0 Å². The van der Waals surface area contributed by atoms with Gasteiger partial charge in [-0.05, 0) is 36.6 Å². The van der Waals surface area contributed by atoms with Crippen LogP contribution in [0.25, 0.3) is 6.08 Å². The van der Waals surface area contributed by atoms with Crippen molar-refractivity contribution in [2.75, 3.05) is 25.2 Å². The third-order valence-electron chi connectivity index (χ3n) is 4.19. The van der Waals surface area contributed by atoms with Crippen molar-refractivity contribution in [3.8, 4) is 17.6 Å². The van der Waals surface area contributed by atoms with Gasteiger partial charge in [0.1, 0.15) is 11.6 Å². The van der Waals surface area contributed by atoms with Gasteiger partial charge in [0.2, 0.25) is 0 Å². The van der Waals surface area contributed by atoms with Crippen LogP contribution in [0.15, 0.2) is 23.8 Å². The first-order chi connectivity index (χ1) is 12.9. The van der Waals surface area contributed by atoms with Crippen LogP contribution in [-0.2, 0) is 14.6 Å². The number of methoxy groups -OCH3 is 1. The molecule has 1 atom stereocenters. The largest absolute Gasteiger partial charge is 0.493 e. The van der Waals surface area contributed by atoms with Gasteiger partial charge in [-0.1, -0.05) is 19.4 Å². The molecule has 1 fully saturated rings. The molecule has 146 valence electrons.